The summed E-state index contributed by atoms with van der Waals surface area (Å²) in [6.07, 6.45) is 4.03. The number of nitrogens with one attached hydrogen (secondary N) is 1. The van der Waals surface area contributed by atoms with Crippen molar-refractivity contribution in [3.8, 4) is 0 Å². The van der Waals surface area contributed by atoms with E-state index in [-0.39, 0.29) is 6.04 Å². The third-order valence-electron chi connectivity index (χ3n) is 4.65. The lowest BCUT2D eigenvalue weighted by Crippen LogP contribution is -2.54. The zero-order valence-corrected chi connectivity index (χ0v) is 12.6. The topological polar surface area (TPSA) is 83.3 Å². The van der Waals surface area contributed by atoms with Crippen LogP contribution in [-0.4, -0.2) is 54.9 Å². The number of hydrogen-bond acceptors (Lipinski definition) is 5. The summed E-state index contributed by atoms with van der Waals surface area (Å²) < 4.78 is 2.07. The third kappa shape index (κ3) is 2.67. The van der Waals surface area contributed by atoms with Gasteiger partial charge in [0, 0.05) is 25.2 Å². The van der Waals surface area contributed by atoms with Crippen molar-refractivity contribution < 1.29 is 9.90 Å². The number of aliphatic carboxylic acids is 1. The van der Waals surface area contributed by atoms with Crippen molar-refractivity contribution in [2.45, 2.75) is 63.8 Å². The fraction of sp³-hybridized carbons (Fsp3) is 0.786. The number of carboxylic acids is 1. The third-order valence-corrected chi connectivity index (χ3v) is 4.65. The van der Waals surface area contributed by atoms with Crippen LogP contribution >= 0.6 is 0 Å². The van der Waals surface area contributed by atoms with E-state index in [1.54, 1.807) is 6.33 Å². The molecule has 0 aromatic carbocycles. The highest BCUT2D eigenvalue weighted by Crippen LogP contribution is 2.35. The van der Waals surface area contributed by atoms with E-state index in [4.69, 9.17) is 0 Å². The molecule has 1 aromatic heterocycles. The van der Waals surface area contributed by atoms with Gasteiger partial charge < -0.3 is 9.67 Å². The quantitative estimate of drug-likeness (QED) is 0.839. The summed E-state index contributed by atoms with van der Waals surface area (Å²) in [5, 5.41) is 21.0. The van der Waals surface area contributed by atoms with Gasteiger partial charge in [0.1, 0.15) is 17.7 Å². The van der Waals surface area contributed by atoms with E-state index in [1.807, 2.05) is 13.8 Å². The second-order valence-corrected chi connectivity index (χ2v) is 6.49. The molecule has 2 atom stereocenters. The number of aromatic nitrogens is 3. The van der Waals surface area contributed by atoms with E-state index in [9.17, 15) is 9.90 Å². The Morgan fingerprint density at radius 1 is 1.52 bits per heavy atom. The molecule has 116 valence electrons. The molecule has 2 aliphatic rings. The summed E-state index contributed by atoms with van der Waals surface area (Å²) in [5.74, 6) is 0.254. The summed E-state index contributed by atoms with van der Waals surface area (Å²) in [6.45, 7) is 6.59. The number of fused-ring (bicyclic) bond motifs is 1. The van der Waals surface area contributed by atoms with Gasteiger partial charge in [-0.1, -0.05) is 0 Å². The minimum Gasteiger partial charge on any atom is -0.480 e. The SMILES string of the molecule is CC(C)NC1(C(=O)O)CCC(N2CCn3cnnc3C2)C1. The monoisotopic (exact) mass is 293 g/mol. The van der Waals surface area contributed by atoms with E-state index < -0.39 is 11.5 Å². The molecule has 1 aliphatic carbocycles. The molecule has 0 saturated heterocycles. The first-order chi connectivity index (χ1) is 10.00. The van der Waals surface area contributed by atoms with Gasteiger partial charge in [0.2, 0.25) is 0 Å². The summed E-state index contributed by atoms with van der Waals surface area (Å²) in [5.41, 5.74) is -0.774. The van der Waals surface area contributed by atoms with Gasteiger partial charge in [0.15, 0.2) is 0 Å². The Morgan fingerprint density at radius 3 is 3.05 bits per heavy atom. The number of carbonyl (C=O) groups is 1. The summed E-state index contributed by atoms with van der Waals surface area (Å²) in [6, 6.07) is 0.474. The minimum atomic E-state index is -0.774. The number of hydrogen-bond donors (Lipinski definition) is 2. The molecule has 0 bridgehead atoms. The average Bonchev–Trinajstić information content (AvgIpc) is 3.04. The number of nitrogens with zero attached hydrogens (tertiary/aromatic N) is 4. The fourth-order valence-corrected chi connectivity index (χ4v) is 3.67. The van der Waals surface area contributed by atoms with Crippen LogP contribution < -0.4 is 5.32 Å². The van der Waals surface area contributed by atoms with Crippen LogP contribution in [0, 0.1) is 0 Å². The predicted molar refractivity (Wildman–Crippen MR) is 76.7 cm³/mol. The lowest BCUT2D eigenvalue weighted by atomic mass is 9.96. The Labute approximate surface area is 124 Å². The Hall–Kier alpha value is -1.47. The molecule has 7 heteroatoms. The van der Waals surface area contributed by atoms with Gasteiger partial charge in [-0.2, -0.15) is 0 Å². The lowest BCUT2D eigenvalue weighted by molar-refractivity contribution is -0.145. The van der Waals surface area contributed by atoms with Crippen molar-refractivity contribution in [3.63, 3.8) is 0 Å². The standard InChI is InChI=1S/C14H23N5O2/c1-10(2)16-14(13(20)21)4-3-11(7-14)18-5-6-19-9-15-17-12(19)8-18/h9-11,16H,3-8H2,1-2H3,(H,20,21). The maximum absolute atomic E-state index is 11.7. The van der Waals surface area contributed by atoms with Crippen LogP contribution in [0.3, 0.4) is 0 Å². The highest BCUT2D eigenvalue weighted by atomic mass is 16.4. The smallest absolute Gasteiger partial charge is 0.323 e. The van der Waals surface area contributed by atoms with Gasteiger partial charge in [0.25, 0.3) is 0 Å². The molecule has 1 saturated carbocycles. The molecule has 3 rings (SSSR count). The van der Waals surface area contributed by atoms with Crippen LogP contribution in [0.25, 0.3) is 0 Å². The Kier molecular flexibility index (Phi) is 3.71. The first-order valence-corrected chi connectivity index (χ1v) is 7.62. The Balaban J connectivity index is 1.70. The second kappa shape index (κ2) is 5.38. The van der Waals surface area contributed by atoms with Crippen molar-refractivity contribution in [2.75, 3.05) is 6.54 Å². The van der Waals surface area contributed by atoms with Crippen molar-refractivity contribution in [2.24, 2.45) is 0 Å². The molecule has 0 amide bonds. The lowest BCUT2D eigenvalue weighted by Gasteiger charge is -2.34. The molecule has 2 N–H and O–H groups in total. The molecular formula is C14H23N5O2. The highest BCUT2D eigenvalue weighted by Gasteiger charge is 2.47. The van der Waals surface area contributed by atoms with E-state index in [0.717, 1.165) is 31.9 Å². The Morgan fingerprint density at radius 2 is 2.33 bits per heavy atom. The van der Waals surface area contributed by atoms with E-state index in [0.29, 0.717) is 18.9 Å². The van der Waals surface area contributed by atoms with Crippen molar-refractivity contribution >= 4 is 5.97 Å². The van der Waals surface area contributed by atoms with Crippen LogP contribution in [-0.2, 0) is 17.9 Å². The normalized spacial score (nSPS) is 29.8. The van der Waals surface area contributed by atoms with Crippen molar-refractivity contribution in [3.05, 3.63) is 12.2 Å². The molecule has 2 heterocycles. The number of rotatable bonds is 4. The Bertz CT molecular complexity index is 529. The maximum Gasteiger partial charge on any atom is 0.323 e. The van der Waals surface area contributed by atoms with Crippen LogP contribution in [0.4, 0.5) is 0 Å². The van der Waals surface area contributed by atoms with Gasteiger partial charge >= 0.3 is 5.97 Å². The first kappa shape index (κ1) is 14.5. The summed E-state index contributed by atoms with van der Waals surface area (Å²) >= 11 is 0. The average molecular weight is 293 g/mol. The van der Waals surface area contributed by atoms with Gasteiger partial charge in [-0.05, 0) is 33.1 Å². The van der Waals surface area contributed by atoms with Crippen LogP contribution in [0.15, 0.2) is 6.33 Å². The molecule has 0 spiro atoms. The van der Waals surface area contributed by atoms with E-state index in [2.05, 4.69) is 25.0 Å². The molecule has 1 aliphatic heterocycles. The highest BCUT2D eigenvalue weighted by molar-refractivity contribution is 5.79. The van der Waals surface area contributed by atoms with Crippen LogP contribution in [0.1, 0.15) is 38.9 Å². The van der Waals surface area contributed by atoms with E-state index in [1.165, 1.54) is 0 Å². The molecule has 2 unspecified atom stereocenters. The van der Waals surface area contributed by atoms with Gasteiger partial charge in [0.05, 0.1) is 6.54 Å². The number of carboxylic acid groups (broad SMARTS) is 1. The fourth-order valence-electron chi connectivity index (χ4n) is 3.67. The second-order valence-electron chi connectivity index (χ2n) is 6.49. The van der Waals surface area contributed by atoms with E-state index >= 15 is 0 Å². The van der Waals surface area contributed by atoms with Gasteiger partial charge in [-0.3, -0.25) is 15.0 Å². The van der Waals surface area contributed by atoms with Gasteiger partial charge in [-0.25, -0.2) is 0 Å². The van der Waals surface area contributed by atoms with Crippen LogP contribution in [0.2, 0.25) is 0 Å². The van der Waals surface area contributed by atoms with Crippen molar-refractivity contribution in [1.29, 1.82) is 0 Å². The molecule has 1 fully saturated rings. The van der Waals surface area contributed by atoms with Crippen molar-refractivity contribution in [1.82, 2.24) is 25.0 Å². The van der Waals surface area contributed by atoms with Gasteiger partial charge in [-0.15, -0.1) is 10.2 Å². The summed E-state index contributed by atoms with van der Waals surface area (Å²) in [4.78, 5) is 14.1. The first-order valence-electron chi connectivity index (χ1n) is 7.62. The largest absolute Gasteiger partial charge is 0.480 e. The molecule has 1 aromatic rings. The zero-order chi connectivity index (χ0) is 15.0. The molecular weight excluding hydrogens is 270 g/mol. The zero-order valence-electron chi connectivity index (χ0n) is 12.6. The van der Waals surface area contributed by atoms with Crippen LogP contribution in [0.5, 0.6) is 0 Å². The minimum absolute atomic E-state index is 0.171. The summed E-state index contributed by atoms with van der Waals surface area (Å²) in [7, 11) is 0. The molecule has 21 heavy (non-hydrogen) atoms. The predicted octanol–water partition coefficient (Wildman–Crippen LogP) is 0.468. The molecule has 0 radical (unpaired) electrons. The maximum atomic E-state index is 11.7. The molecule has 7 nitrogen and oxygen atoms in total.